The molecular formula is C18H21N3O2. The fraction of sp³-hybridized carbons (Fsp3) is 0.278. The van der Waals surface area contributed by atoms with E-state index in [0.29, 0.717) is 5.69 Å². The summed E-state index contributed by atoms with van der Waals surface area (Å²) >= 11 is 0. The van der Waals surface area contributed by atoms with E-state index in [1.54, 1.807) is 18.5 Å². The van der Waals surface area contributed by atoms with Crippen molar-refractivity contribution >= 4 is 17.5 Å². The number of carbonyl (C=O) groups is 2. The van der Waals surface area contributed by atoms with Crippen molar-refractivity contribution in [1.82, 2.24) is 10.3 Å². The van der Waals surface area contributed by atoms with Crippen LogP contribution in [0, 0.1) is 0 Å². The van der Waals surface area contributed by atoms with E-state index in [2.05, 4.69) is 22.5 Å². The number of aromatic nitrogens is 1. The molecule has 0 aliphatic carbocycles. The summed E-state index contributed by atoms with van der Waals surface area (Å²) in [5.74, 6) is -1.33. The number of nitrogens with zero attached hydrogens (tertiary/aromatic N) is 1. The first-order valence-corrected chi connectivity index (χ1v) is 7.76. The molecule has 2 rings (SSSR count). The van der Waals surface area contributed by atoms with Gasteiger partial charge in [0.1, 0.15) is 0 Å². The van der Waals surface area contributed by atoms with E-state index in [9.17, 15) is 9.59 Å². The summed E-state index contributed by atoms with van der Waals surface area (Å²) in [6, 6.07) is 11.2. The van der Waals surface area contributed by atoms with Crippen LogP contribution >= 0.6 is 0 Å². The average Bonchev–Trinajstić information content (AvgIpc) is 2.60. The SMILES string of the molecule is CCCCc1ccc(NC(=O)C(=O)NCc2cccnc2)cc1. The third-order valence-corrected chi connectivity index (χ3v) is 3.41. The van der Waals surface area contributed by atoms with E-state index >= 15 is 0 Å². The van der Waals surface area contributed by atoms with Crippen molar-refractivity contribution in [3.05, 3.63) is 59.9 Å². The van der Waals surface area contributed by atoms with Crippen molar-refractivity contribution < 1.29 is 9.59 Å². The highest BCUT2D eigenvalue weighted by Gasteiger charge is 2.13. The molecule has 0 unspecified atom stereocenters. The molecule has 0 spiro atoms. The maximum Gasteiger partial charge on any atom is 0.313 e. The van der Waals surface area contributed by atoms with Crippen molar-refractivity contribution in [3.63, 3.8) is 0 Å². The molecule has 1 aromatic heterocycles. The Hall–Kier alpha value is -2.69. The zero-order valence-electron chi connectivity index (χ0n) is 13.2. The van der Waals surface area contributed by atoms with Crippen LogP contribution < -0.4 is 10.6 Å². The molecule has 120 valence electrons. The van der Waals surface area contributed by atoms with Crippen molar-refractivity contribution in [1.29, 1.82) is 0 Å². The number of carbonyl (C=O) groups excluding carboxylic acids is 2. The second kappa shape index (κ2) is 8.68. The summed E-state index contributed by atoms with van der Waals surface area (Å²) in [5, 5.41) is 5.16. The number of pyridine rings is 1. The van der Waals surface area contributed by atoms with Gasteiger partial charge in [-0.2, -0.15) is 0 Å². The monoisotopic (exact) mass is 311 g/mol. The van der Waals surface area contributed by atoms with Crippen molar-refractivity contribution in [2.75, 3.05) is 5.32 Å². The fourth-order valence-corrected chi connectivity index (χ4v) is 2.09. The van der Waals surface area contributed by atoms with Crippen LogP contribution in [0.2, 0.25) is 0 Å². The van der Waals surface area contributed by atoms with Gasteiger partial charge in [-0.15, -0.1) is 0 Å². The van der Waals surface area contributed by atoms with Crippen LogP contribution in [0.25, 0.3) is 0 Å². The summed E-state index contributed by atoms with van der Waals surface area (Å²) in [4.78, 5) is 27.6. The Morgan fingerprint density at radius 2 is 1.83 bits per heavy atom. The first-order chi connectivity index (χ1) is 11.2. The summed E-state index contributed by atoms with van der Waals surface area (Å²) in [6.45, 7) is 2.43. The van der Waals surface area contributed by atoms with Gasteiger partial charge in [0, 0.05) is 24.6 Å². The highest BCUT2D eigenvalue weighted by atomic mass is 16.2. The van der Waals surface area contributed by atoms with Crippen LogP contribution in [0.5, 0.6) is 0 Å². The second-order valence-corrected chi connectivity index (χ2v) is 5.30. The maximum atomic E-state index is 11.9. The lowest BCUT2D eigenvalue weighted by Gasteiger charge is -2.07. The largest absolute Gasteiger partial charge is 0.344 e. The van der Waals surface area contributed by atoms with Gasteiger partial charge in [0.25, 0.3) is 0 Å². The number of hydrogen-bond acceptors (Lipinski definition) is 3. The van der Waals surface area contributed by atoms with Gasteiger partial charge in [-0.1, -0.05) is 31.5 Å². The molecule has 0 atom stereocenters. The lowest BCUT2D eigenvalue weighted by Crippen LogP contribution is -2.34. The Bertz CT molecular complexity index is 639. The predicted molar refractivity (Wildman–Crippen MR) is 89.8 cm³/mol. The van der Waals surface area contributed by atoms with Crippen molar-refractivity contribution in [2.45, 2.75) is 32.7 Å². The number of hydrogen-bond donors (Lipinski definition) is 2. The van der Waals surface area contributed by atoms with Gasteiger partial charge >= 0.3 is 11.8 Å². The maximum absolute atomic E-state index is 11.9. The molecule has 5 nitrogen and oxygen atoms in total. The number of anilines is 1. The molecule has 0 saturated heterocycles. The average molecular weight is 311 g/mol. The van der Waals surface area contributed by atoms with Crippen LogP contribution in [0.1, 0.15) is 30.9 Å². The second-order valence-electron chi connectivity index (χ2n) is 5.30. The number of benzene rings is 1. The molecule has 2 amide bonds. The van der Waals surface area contributed by atoms with Crippen molar-refractivity contribution in [3.8, 4) is 0 Å². The molecule has 1 aromatic carbocycles. The molecule has 2 aromatic rings. The molecule has 0 saturated carbocycles. The predicted octanol–water partition coefficient (Wildman–Crippen LogP) is 2.68. The van der Waals surface area contributed by atoms with Gasteiger partial charge < -0.3 is 10.6 Å². The summed E-state index contributed by atoms with van der Waals surface area (Å²) in [7, 11) is 0. The van der Waals surface area contributed by atoms with Crippen LogP contribution in [-0.2, 0) is 22.6 Å². The minimum Gasteiger partial charge on any atom is -0.344 e. The lowest BCUT2D eigenvalue weighted by molar-refractivity contribution is -0.136. The van der Waals surface area contributed by atoms with Crippen molar-refractivity contribution in [2.24, 2.45) is 0 Å². The standard InChI is InChI=1S/C18H21N3O2/c1-2-3-5-14-7-9-16(10-8-14)21-18(23)17(22)20-13-15-6-4-11-19-12-15/h4,6-12H,2-3,5,13H2,1H3,(H,20,22)(H,21,23). The normalized spacial score (nSPS) is 10.1. The molecule has 5 heteroatoms. The van der Waals surface area contributed by atoms with E-state index in [4.69, 9.17) is 0 Å². The summed E-state index contributed by atoms with van der Waals surface area (Å²) < 4.78 is 0. The highest BCUT2D eigenvalue weighted by molar-refractivity contribution is 6.39. The first kappa shape index (κ1) is 16.7. The van der Waals surface area contributed by atoms with Crippen LogP contribution in [-0.4, -0.2) is 16.8 Å². The smallest absolute Gasteiger partial charge is 0.313 e. The van der Waals surface area contributed by atoms with Crippen LogP contribution in [0.3, 0.4) is 0 Å². The Balaban J connectivity index is 1.82. The molecule has 0 aliphatic heterocycles. The van der Waals surface area contributed by atoms with Gasteiger partial charge in [-0.25, -0.2) is 0 Å². The van der Waals surface area contributed by atoms with Gasteiger partial charge in [0.15, 0.2) is 0 Å². The Morgan fingerprint density at radius 1 is 1.04 bits per heavy atom. The number of amides is 2. The quantitative estimate of drug-likeness (QED) is 0.806. The first-order valence-electron chi connectivity index (χ1n) is 7.76. The van der Waals surface area contributed by atoms with E-state index in [0.717, 1.165) is 24.8 Å². The molecule has 1 heterocycles. The van der Waals surface area contributed by atoms with Gasteiger partial charge in [-0.05, 0) is 42.2 Å². The van der Waals surface area contributed by atoms with Gasteiger partial charge in [0.2, 0.25) is 0 Å². The molecule has 2 N–H and O–H groups in total. The topological polar surface area (TPSA) is 71.1 Å². The third-order valence-electron chi connectivity index (χ3n) is 3.41. The molecule has 0 aliphatic rings. The van der Waals surface area contributed by atoms with E-state index in [1.807, 2.05) is 30.3 Å². The zero-order valence-corrected chi connectivity index (χ0v) is 13.2. The highest BCUT2D eigenvalue weighted by Crippen LogP contribution is 2.11. The zero-order chi connectivity index (χ0) is 16.5. The molecule has 23 heavy (non-hydrogen) atoms. The Morgan fingerprint density at radius 3 is 2.48 bits per heavy atom. The molecular weight excluding hydrogens is 290 g/mol. The van der Waals surface area contributed by atoms with Gasteiger partial charge in [0.05, 0.1) is 0 Å². The Labute approximate surface area is 136 Å². The van der Waals surface area contributed by atoms with E-state index in [1.165, 1.54) is 5.56 Å². The number of rotatable bonds is 6. The van der Waals surface area contributed by atoms with E-state index in [-0.39, 0.29) is 6.54 Å². The summed E-state index contributed by atoms with van der Waals surface area (Å²) in [6.07, 6.45) is 6.61. The lowest BCUT2D eigenvalue weighted by atomic mass is 10.1. The summed E-state index contributed by atoms with van der Waals surface area (Å²) in [5.41, 5.74) is 2.69. The fourth-order valence-electron chi connectivity index (χ4n) is 2.09. The third kappa shape index (κ3) is 5.54. The number of unbranched alkanes of at least 4 members (excludes halogenated alkanes) is 1. The molecule has 0 bridgehead atoms. The molecule has 0 fully saturated rings. The van der Waals surface area contributed by atoms with E-state index < -0.39 is 11.8 Å². The van der Waals surface area contributed by atoms with Crippen LogP contribution in [0.4, 0.5) is 5.69 Å². The number of aryl methyl sites for hydroxylation is 1. The minimum atomic E-state index is -0.671. The minimum absolute atomic E-state index is 0.274. The van der Waals surface area contributed by atoms with Gasteiger partial charge in [-0.3, -0.25) is 14.6 Å². The number of nitrogens with one attached hydrogen (secondary N) is 2. The van der Waals surface area contributed by atoms with Crippen LogP contribution in [0.15, 0.2) is 48.8 Å². The molecule has 0 radical (unpaired) electrons. The Kier molecular flexibility index (Phi) is 6.29.